The van der Waals surface area contributed by atoms with Crippen molar-refractivity contribution in [2.45, 2.75) is 110 Å². The maximum Gasteiger partial charge on any atom is 0.284 e. The van der Waals surface area contributed by atoms with E-state index in [9.17, 15) is 0 Å². The van der Waals surface area contributed by atoms with Crippen molar-refractivity contribution in [3.63, 3.8) is 0 Å². The van der Waals surface area contributed by atoms with Crippen molar-refractivity contribution in [3.05, 3.63) is 0 Å². The van der Waals surface area contributed by atoms with Gasteiger partial charge in [-0.25, -0.2) is 0 Å². The van der Waals surface area contributed by atoms with Gasteiger partial charge in [0.25, 0.3) is 21.5 Å². The number of hydrogen-bond acceptors (Lipinski definition) is 3. The molecule has 3 N–H and O–H groups in total. The lowest BCUT2D eigenvalue weighted by molar-refractivity contribution is 0.440. The number of rotatable bonds is 15. The van der Waals surface area contributed by atoms with Crippen LogP contribution in [0.25, 0.3) is 0 Å². The van der Waals surface area contributed by atoms with Gasteiger partial charge in [-0.2, -0.15) is 0 Å². The van der Waals surface area contributed by atoms with E-state index in [2.05, 4.69) is 36.2 Å². The Hall–Kier alpha value is 0.0748. The van der Waals surface area contributed by atoms with Crippen molar-refractivity contribution in [3.8, 4) is 0 Å². The minimum atomic E-state index is 0.510. The highest BCUT2D eigenvalue weighted by molar-refractivity contribution is 6.81. The molecule has 0 aromatic heterocycles. The quantitative estimate of drug-likeness (QED) is 0.308. The molecule has 0 bridgehead atoms. The molecule has 1 fully saturated rings. The van der Waals surface area contributed by atoms with Crippen LogP contribution in [0.3, 0.4) is 0 Å². The van der Waals surface area contributed by atoms with Gasteiger partial charge in [-0.3, -0.25) is 0 Å². The fraction of sp³-hybridized carbons (Fsp3) is 1.00. The summed E-state index contributed by atoms with van der Waals surface area (Å²) in [4.78, 5) is 0. The predicted octanol–water partition coefficient (Wildman–Crippen LogP) is 4.37. The van der Waals surface area contributed by atoms with Crippen molar-refractivity contribution >= 4 is 21.5 Å². The van der Waals surface area contributed by atoms with E-state index in [0.717, 1.165) is 13.5 Å². The fourth-order valence-electron chi connectivity index (χ4n) is 3.84. The molecular formula is C18H42B3N3. The monoisotopic (exact) mass is 333 g/mol. The largest absolute Gasteiger partial charge is 0.374 e. The molecule has 1 atom stereocenters. The maximum atomic E-state index is 3.82. The maximum absolute atomic E-state index is 3.82. The molecule has 1 heterocycles. The van der Waals surface area contributed by atoms with Crippen LogP contribution in [0.4, 0.5) is 0 Å². The molecular weight excluding hydrogens is 291 g/mol. The first-order chi connectivity index (χ1) is 11.8. The highest BCUT2D eigenvalue weighted by Crippen LogP contribution is 2.22. The molecule has 0 radical (unpaired) electrons. The summed E-state index contributed by atoms with van der Waals surface area (Å²) in [6.45, 7) is 7.93. The van der Waals surface area contributed by atoms with Crippen LogP contribution in [0.15, 0.2) is 0 Å². The normalized spacial score (nSPS) is 16.3. The van der Waals surface area contributed by atoms with E-state index >= 15 is 0 Å². The summed E-state index contributed by atoms with van der Waals surface area (Å²) in [5.41, 5.74) is 0. The van der Waals surface area contributed by atoms with Crippen molar-refractivity contribution in [1.82, 2.24) is 15.4 Å². The molecule has 1 rings (SSSR count). The van der Waals surface area contributed by atoms with E-state index in [1.165, 1.54) is 89.7 Å². The van der Waals surface area contributed by atoms with Crippen LogP contribution in [0, 0.1) is 5.92 Å². The summed E-state index contributed by atoms with van der Waals surface area (Å²) in [6.07, 6.45) is 19.2. The van der Waals surface area contributed by atoms with Gasteiger partial charge < -0.3 is 15.4 Å². The molecule has 3 nitrogen and oxygen atoms in total. The summed E-state index contributed by atoms with van der Waals surface area (Å²) in [5.74, 6) is 0.894. The highest BCUT2D eigenvalue weighted by Gasteiger charge is 2.28. The number of hydrogen-bond donors (Lipinski definition) is 3. The molecule has 0 aliphatic carbocycles. The zero-order chi connectivity index (χ0) is 17.5. The van der Waals surface area contributed by atoms with Gasteiger partial charge in [0.1, 0.15) is 0 Å². The smallest absolute Gasteiger partial charge is 0.284 e. The molecule has 138 valence electrons. The van der Waals surface area contributed by atoms with Crippen LogP contribution in [0.1, 0.15) is 97.8 Å². The topological polar surface area (TPSA) is 36.1 Å². The van der Waals surface area contributed by atoms with E-state index in [1.54, 1.807) is 0 Å². The van der Waals surface area contributed by atoms with Gasteiger partial charge in [-0.1, -0.05) is 97.8 Å². The van der Waals surface area contributed by atoms with Gasteiger partial charge in [-0.15, -0.1) is 0 Å². The van der Waals surface area contributed by atoms with E-state index in [1.807, 2.05) is 0 Å². The Morgan fingerprint density at radius 2 is 1.33 bits per heavy atom. The van der Waals surface area contributed by atoms with Gasteiger partial charge in [0, 0.05) is 0 Å². The molecule has 0 amide bonds. The predicted molar refractivity (Wildman–Crippen MR) is 114 cm³/mol. The third-order valence-electron chi connectivity index (χ3n) is 5.45. The van der Waals surface area contributed by atoms with Crippen LogP contribution in [-0.4, -0.2) is 21.5 Å². The van der Waals surface area contributed by atoms with Crippen molar-refractivity contribution < 1.29 is 0 Å². The Bertz CT molecular complexity index is 282. The number of unbranched alkanes of at least 4 members (excludes halogenated alkanes) is 7. The minimum absolute atomic E-state index is 0.510. The zero-order valence-electron chi connectivity index (χ0n) is 16.8. The Kier molecular flexibility index (Phi) is 14.1. The molecule has 1 saturated heterocycles. The molecule has 0 spiro atoms. The first-order valence-electron chi connectivity index (χ1n) is 11.0. The van der Waals surface area contributed by atoms with Crippen molar-refractivity contribution in [2.24, 2.45) is 5.92 Å². The van der Waals surface area contributed by atoms with E-state index < -0.39 is 0 Å². The Morgan fingerprint density at radius 1 is 0.708 bits per heavy atom. The van der Waals surface area contributed by atoms with E-state index in [-0.39, 0.29) is 0 Å². The molecule has 6 heteroatoms. The van der Waals surface area contributed by atoms with Crippen LogP contribution < -0.4 is 15.4 Å². The molecule has 24 heavy (non-hydrogen) atoms. The third kappa shape index (κ3) is 10.8. The van der Waals surface area contributed by atoms with Crippen LogP contribution >= 0.6 is 0 Å². The summed E-state index contributed by atoms with van der Waals surface area (Å²) >= 11 is 0. The summed E-state index contributed by atoms with van der Waals surface area (Å²) < 4.78 is 0. The first-order valence-corrected chi connectivity index (χ1v) is 11.0. The molecule has 1 unspecified atom stereocenters. The van der Waals surface area contributed by atoms with Crippen LogP contribution in [-0.2, 0) is 0 Å². The van der Waals surface area contributed by atoms with Gasteiger partial charge in [0.05, 0.1) is 0 Å². The Labute approximate surface area is 153 Å². The minimum Gasteiger partial charge on any atom is -0.374 e. The molecule has 1 aliphatic rings. The molecule has 0 saturated carbocycles. The number of nitrogens with one attached hydrogen (secondary N) is 3. The second kappa shape index (κ2) is 15.3. The van der Waals surface area contributed by atoms with Crippen molar-refractivity contribution in [1.29, 1.82) is 0 Å². The van der Waals surface area contributed by atoms with Gasteiger partial charge in [0.2, 0.25) is 0 Å². The molecule has 0 aromatic rings. The average molecular weight is 333 g/mol. The zero-order valence-corrected chi connectivity index (χ0v) is 16.8. The fourth-order valence-corrected chi connectivity index (χ4v) is 3.84. The molecule has 1 aliphatic heterocycles. The van der Waals surface area contributed by atoms with E-state index in [0.29, 0.717) is 14.0 Å². The molecule has 0 aromatic carbocycles. The first kappa shape index (κ1) is 22.1. The second-order valence-electron chi connectivity index (χ2n) is 7.80. The lowest BCUT2D eigenvalue weighted by Crippen LogP contribution is -2.69. The SMILES string of the molecule is CCCCCCB1NBNB(CC(CCCC)CCCCCC)N1. The Morgan fingerprint density at radius 3 is 2.04 bits per heavy atom. The van der Waals surface area contributed by atoms with E-state index in [4.69, 9.17) is 0 Å². The lowest BCUT2D eigenvalue weighted by Gasteiger charge is -2.30. The van der Waals surface area contributed by atoms with Crippen LogP contribution in [0.2, 0.25) is 12.6 Å². The summed E-state index contributed by atoms with van der Waals surface area (Å²) in [6, 6.07) is 0. The third-order valence-corrected chi connectivity index (χ3v) is 5.45. The average Bonchev–Trinajstić information content (AvgIpc) is 2.60. The summed E-state index contributed by atoms with van der Waals surface area (Å²) in [7, 11) is 0.965. The lowest BCUT2D eigenvalue weighted by atomic mass is 9.51. The van der Waals surface area contributed by atoms with Gasteiger partial charge in [0.15, 0.2) is 0 Å². The van der Waals surface area contributed by atoms with Gasteiger partial charge in [-0.05, 0) is 18.6 Å². The Balaban J connectivity index is 2.29. The van der Waals surface area contributed by atoms with Gasteiger partial charge >= 0.3 is 0 Å². The second-order valence-corrected chi connectivity index (χ2v) is 7.80. The van der Waals surface area contributed by atoms with Crippen molar-refractivity contribution in [2.75, 3.05) is 0 Å². The summed E-state index contributed by atoms with van der Waals surface area (Å²) in [5, 5.41) is 11.0. The standard InChI is InChI=1S/C18H42B3N3/c1-4-7-10-12-15-18(14-9-6-3)17-21-23-19-22-20(24-21)16-13-11-8-5-2/h18-19,22-24H,4-17H2,1-3H3. The highest BCUT2D eigenvalue weighted by atomic mass is 15.0. The van der Waals surface area contributed by atoms with Crippen LogP contribution in [0.5, 0.6) is 0 Å².